The van der Waals surface area contributed by atoms with E-state index in [1.807, 2.05) is 26.0 Å². The predicted octanol–water partition coefficient (Wildman–Crippen LogP) is 6.21. The van der Waals surface area contributed by atoms with Crippen molar-refractivity contribution in [3.05, 3.63) is 57.5 Å². The van der Waals surface area contributed by atoms with Gasteiger partial charge in [0.25, 0.3) is 0 Å². The molecule has 1 heterocycles. The first kappa shape index (κ1) is 22.3. The predicted molar refractivity (Wildman–Crippen MR) is 124 cm³/mol. The zero-order valence-corrected chi connectivity index (χ0v) is 19.3. The number of benzene rings is 1. The molecule has 4 nitrogen and oxygen atoms in total. The van der Waals surface area contributed by atoms with Crippen molar-refractivity contribution in [3.63, 3.8) is 0 Å². The number of hydrogen-bond acceptors (Lipinski definition) is 4. The Kier molecular flexibility index (Phi) is 7.14. The maximum atomic E-state index is 12.8. The van der Waals surface area contributed by atoms with Crippen molar-refractivity contribution >= 4 is 34.3 Å². The number of ether oxygens (including phenoxy) is 1. The summed E-state index contributed by atoms with van der Waals surface area (Å²) in [6.07, 6.45) is 5.95. The maximum absolute atomic E-state index is 12.8. The number of amides is 1. The van der Waals surface area contributed by atoms with Gasteiger partial charge in [0.05, 0.1) is 11.7 Å². The Balaban J connectivity index is 1.79. The minimum absolute atomic E-state index is 0.201. The van der Waals surface area contributed by atoms with Gasteiger partial charge in [0.1, 0.15) is 5.00 Å². The van der Waals surface area contributed by atoms with Crippen LogP contribution in [0.2, 0.25) is 0 Å². The van der Waals surface area contributed by atoms with Crippen LogP contribution in [0.1, 0.15) is 78.9 Å². The Hall–Kier alpha value is -2.40. The van der Waals surface area contributed by atoms with Gasteiger partial charge in [0, 0.05) is 11.0 Å². The highest BCUT2D eigenvalue weighted by Gasteiger charge is 2.29. The summed E-state index contributed by atoms with van der Waals surface area (Å²) in [5.41, 5.74) is 3.82. The van der Waals surface area contributed by atoms with Crippen LogP contribution in [0, 0.1) is 5.92 Å². The first-order valence-corrected chi connectivity index (χ1v) is 11.5. The lowest BCUT2D eigenvalue weighted by molar-refractivity contribution is -0.111. The molecule has 0 fully saturated rings. The lowest BCUT2D eigenvalue weighted by Gasteiger charge is -2.18. The Morgan fingerprint density at radius 2 is 1.87 bits per heavy atom. The third-order valence-corrected chi connectivity index (χ3v) is 6.50. The molecule has 1 aromatic carbocycles. The summed E-state index contributed by atoms with van der Waals surface area (Å²) in [4.78, 5) is 26.5. The molecule has 1 amide bonds. The SMILES string of the molecule is CC1CCc2c(sc(NC(=O)C=Cc3ccc(C(C)C)cc3)c2C(=O)OC(C)C)C1. The second-order valence-corrected chi connectivity index (χ2v) is 9.76. The van der Waals surface area contributed by atoms with Crippen LogP contribution in [0.5, 0.6) is 0 Å². The van der Waals surface area contributed by atoms with E-state index in [1.165, 1.54) is 27.9 Å². The number of carbonyl (C=O) groups excluding carboxylic acids is 2. The van der Waals surface area contributed by atoms with E-state index in [9.17, 15) is 9.59 Å². The first-order chi connectivity index (χ1) is 14.2. The zero-order chi connectivity index (χ0) is 21.8. The van der Waals surface area contributed by atoms with Gasteiger partial charge >= 0.3 is 5.97 Å². The van der Waals surface area contributed by atoms with E-state index in [0.717, 1.165) is 30.4 Å². The summed E-state index contributed by atoms with van der Waals surface area (Å²) in [7, 11) is 0. The van der Waals surface area contributed by atoms with Crippen LogP contribution >= 0.6 is 11.3 Å². The van der Waals surface area contributed by atoms with Crippen LogP contribution in [-0.2, 0) is 22.4 Å². The minimum Gasteiger partial charge on any atom is -0.459 e. The lowest BCUT2D eigenvalue weighted by Crippen LogP contribution is -2.18. The average Bonchev–Trinajstić information content (AvgIpc) is 3.02. The van der Waals surface area contributed by atoms with Crippen LogP contribution in [-0.4, -0.2) is 18.0 Å². The maximum Gasteiger partial charge on any atom is 0.341 e. The number of rotatable bonds is 6. The van der Waals surface area contributed by atoms with Crippen molar-refractivity contribution in [2.45, 2.75) is 65.9 Å². The highest BCUT2D eigenvalue weighted by molar-refractivity contribution is 7.17. The van der Waals surface area contributed by atoms with Gasteiger partial charge in [-0.25, -0.2) is 4.79 Å². The number of anilines is 1. The summed E-state index contributed by atoms with van der Waals surface area (Å²) in [6.45, 7) is 10.2. The quantitative estimate of drug-likeness (QED) is 0.442. The lowest BCUT2D eigenvalue weighted by atomic mass is 9.88. The summed E-state index contributed by atoms with van der Waals surface area (Å²) in [5, 5.41) is 3.53. The second kappa shape index (κ2) is 9.61. The average molecular weight is 426 g/mol. The van der Waals surface area contributed by atoms with Gasteiger partial charge in [-0.05, 0) is 67.7 Å². The van der Waals surface area contributed by atoms with Crippen molar-refractivity contribution in [2.75, 3.05) is 5.32 Å². The molecule has 3 rings (SSSR count). The van der Waals surface area contributed by atoms with Crippen molar-refractivity contribution in [1.82, 2.24) is 0 Å². The Morgan fingerprint density at radius 1 is 1.17 bits per heavy atom. The van der Waals surface area contributed by atoms with E-state index in [-0.39, 0.29) is 18.0 Å². The molecule has 0 spiro atoms. The summed E-state index contributed by atoms with van der Waals surface area (Å²) in [6, 6.07) is 8.18. The third kappa shape index (κ3) is 5.39. The molecule has 160 valence electrons. The van der Waals surface area contributed by atoms with Crippen LogP contribution < -0.4 is 5.32 Å². The molecule has 1 aliphatic rings. The monoisotopic (exact) mass is 425 g/mol. The molecular formula is C25H31NO3S. The molecule has 1 N–H and O–H groups in total. The summed E-state index contributed by atoms with van der Waals surface area (Å²) in [5.74, 6) is 0.471. The van der Waals surface area contributed by atoms with E-state index in [0.29, 0.717) is 22.4 Å². The number of fused-ring (bicyclic) bond motifs is 1. The molecule has 1 atom stereocenters. The number of nitrogens with one attached hydrogen (secondary N) is 1. The van der Waals surface area contributed by atoms with Crippen molar-refractivity contribution in [2.24, 2.45) is 5.92 Å². The van der Waals surface area contributed by atoms with E-state index in [1.54, 1.807) is 6.08 Å². The smallest absolute Gasteiger partial charge is 0.341 e. The molecule has 0 radical (unpaired) electrons. The normalized spacial score (nSPS) is 16.2. The van der Waals surface area contributed by atoms with Crippen LogP contribution in [0.3, 0.4) is 0 Å². The molecule has 0 saturated carbocycles. The van der Waals surface area contributed by atoms with Gasteiger partial charge < -0.3 is 10.1 Å². The van der Waals surface area contributed by atoms with Gasteiger partial charge in [0.2, 0.25) is 5.91 Å². The first-order valence-electron chi connectivity index (χ1n) is 10.7. The van der Waals surface area contributed by atoms with Gasteiger partial charge in [-0.3, -0.25) is 4.79 Å². The van der Waals surface area contributed by atoms with E-state index >= 15 is 0 Å². The minimum atomic E-state index is -0.347. The van der Waals surface area contributed by atoms with Crippen LogP contribution in [0.25, 0.3) is 6.08 Å². The van der Waals surface area contributed by atoms with Crippen molar-refractivity contribution in [3.8, 4) is 0 Å². The Morgan fingerprint density at radius 3 is 2.50 bits per heavy atom. The van der Waals surface area contributed by atoms with Gasteiger partial charge in [-0.1, -0.05) is 45.0 Å². The zero-order valence-electron chi connectivity index (χ0n) is 18.5. The molecule has 1 unspecified atom stereocenters. The molecule has 2 aromatic rings. The van der Waals surface area contributed by atoms with Crippen molar-refractivity contribution in [1.29, 1.82) is 0 Å². The Bertz CT molecular complexity index is 938. The summed E-state index contributed by atoms with van der Waals surface area (Å²) < 4.78 is 5.47. The third-order valence-electron chi connectivity index (χ3n) is 5.33. The highest BCUT2D eigenvalue weighted by atomic mass is 32.1. The van der Waals surface area contributed by atoms with E-state index < -0.39 is 0 Å². The van der Waals surface area contributed by atoms with Gasteiger partial charge in [0.15, 0.2) is 0 Å². The molecule has 1 aromatic heterocycles. The molecule has 0 saturated heterocycles. The highest BCUT2D eigenvalue weighted by Crippen LogP contribution is 2.40. The van der Waals surface area contributed by atoms with Crippen molar-refractivity contribution < 1.29 is 14.3 Å². The van der Waals surface area contributed by atoms with Crippen LogP contribution in [0.15, 0.2) is 30.3 Å². The van der Waals surface area contributed by atoms with Gasteiger partial charge in [-0.15, -0.1) is 11.3 Å². The largest absolute Gasteiger partial charge is 0.459 e. The molecule has 5 heteroatoms. The number of esters is 1. The number of hydrogen-bond donors (Lipinski definition) is 1. The van der Waals surface area contributed by atoms with Gasteiger partial charge in [-0.2, -0.15) is 0 Å². The molecule has 0 bridgehead atoms. The Labute approximate surface area is 183 Å². The topological polar surface area (TPSA) is 55.4 Å². The standard InChI is InChI=1S/C25H31NO3S/c1-15(2)19-10-7-18(8-11-19)9-13-22(27)26-24-23(25(28)29-16(3)4)20-12-6-17(5)14-21(20)30-24/h7-11,13,15-17H,6,12,14H2,1-5H3,(H,26,27). The fourth-order valence-corrected chi connectivity index (χ4v) is 5.05. The van der Waals surface area contributed by atoms with E-state index in [2.05, 4.69) is 38.2 Å². The molecular weight excluding hydrogens is 394 g/mol. The van der Waals surface area contributed by atoms with E-state index in [4.69, 9.17) is 4.74 Å². The van der Waals surface area contributed by atoms with Crippen LogP contribution in [0.4, 0.5) is 5.00 Å². The molecule has 0 aliphatic heterocycles. The number of carbonyl (C=O) groups is 2. The summed E-state index contributed by atoms with van der Waals surface area (Å²) >= 11 is 1.51. The second-order valence-electron chi connectivity index (χ2n) is 8.65. The molecule has 1 aliphatic carbocycles. The fraction of sp³-hybridized carbons (Fsp3) is 0.440. The molecule has 30 heavy (non-hydrogen) atoms. The number of thiophene rings is 1. The fourth-order valence-electron chi connectivity index (χ4n) is 3.65.